The number of aryl methyl sites for hydroxylation is 1. The van der Waals surface area contributed by atoms with Crippen LogP contribution in [0.4, 0.5) is 10.5 Å². The molecule has 0 N–H and O–H groups in total. The zero-order valence-corrected chi connectivity index (χ0v) is 20.5. The number of nitro groups is 1. The minimum atomic E-state index is -0.515. The van der Waals surface area contributed by atoms with Gasteiger partial charge in [0.2, 0.25) is 5.88 Å². The van der Waals surface area contributed by atoms with Gasteiger partial charge >= 0.3 is 0 Å². The third kappa shape index (κ3) is 4.83. The van der Waals surface area contributed by atoms with E-state index in [4.69, 9.17) is 4.74 Å². The molecule has 1 aliphatic heterocycles. The molecule has 0 radical (unpaired) electrons. The van der Waals surface area contributed by atoms with Crippen molar-refractivity contribution in [3.63, 3.8) is 0 Å². The standard InChI is InChI=1S/C25H24N4O5S/c1-5-15(2)28-24(30)22(35-25(28)31)13-18-12-16(3)27(17(18)4)19-6-9-21(10-7-19)34-23-11-8-20(14-26-23)29(32)33/h6-15H,5H2,1-4H3/b22-13+/t15-/m1/s1. The van der Waals surface area contributed by atoms with Crippen molar-refractivity contribution < 1.29 is 19.2 Å². The van der Waals surface area contributed by atoms with E-state index in [9.17, 15) is 19.7 Å². The van der Waals surface area contributed by atoms with Gasteiger partial charge in [0.25, 0.3) is 16.8 Å². The minimum absolute atomic E-state index is 0.105. The van der Waals surface area contributed by atoms with Crippen molar-refractivity contribution >= 4 is 34.7 Å². The molecule has 3 aromatic rings. The lowest BCUT2D eigenvalue weighted by Gasteiger charge is -2.19. The highest BCUT2D eigenvalue weighted by Gasteiger charge is 2.37. The Labute approximate surface area is 206 Å². The molecule has 180 valence electrons. The van der Waals surface area contributed by atoms with Crippen LogP contribution in [-0.2, 0) is 4.79 Å². The number of carbonyl (C=O) groups excluding carboxylic acids is 2. The van der Waals surface area contributed by atoms with E-state index >= 15 is 0 Å². The second-order valence-corrected chi connectivity index (χ2v) is 9.17. The first-order valence-electron chi connectivity index (χ1n) is 11.0. The Balaban J connectivity index is 1.55. The lowest BCUT2D eigenvalue weighted by Crippen LogP contribution is -2.36. The van der Waals surface area contributed by atoms with Crippen molar-refractivity contribution in [3.8, 4) is 17.3 Å². The summed E-state index contributed by atoms with van der Waals surface area (Å²) in [6, 6.07) is 12.0. The molecule has 1 aromatic carbocycles. The average Bonchev–Trinajstić information content (AvgIpc) is 3.27. The second kappa shape index (κ2) is 9.75. The molecular formula is C25H24N4O5S. The zero-order chi connectivity index (χ0) is 25.3. The highest BCUT2D eigenvalue weighted by Crippen LogP contribution is 2.35. The first kappa shape index (κ1) is 24.2. The van der Waals surface area contributed by atoms with E-state index in [-0.39, 0.29) is 28.8 Å². The number of pyridine rings is 1. The van der Waals surface area contributed by atoms with Crippen LogP contribution in [-0.4, -0.2) is 36.6 Å². The van der Waals surface area contributed by atoms with Gasteiger partial charge in [0.15, 0.2) is 0 Å². The fourth-order valence-corrected chi connectivity index (χ4v) is 4.76. The summed E-state index contributed by atoms with van der Waals surface area (Å²) >= 11 is 0.975. The van der Waals surface area contributed by atoms with Crippen molar-refractivity contribution in [1.29, 1.82) is 0 Å². The fraction of sp³-hybridized carbons (Fsp3) is 0.240. The molecule has 0 saturated carbocycles. The van der Waals surface area contributed by atoms with Crippen LogP contribution in [0.3, 0.4) is 0 Å². The molecule has 9 nitrogen and oxygen atoms in total. The lowest BCUT2D eigenvalue weighted by atomic mass is 10.2. The number of rotatable bonds is 7. The van der Waals surface area contributed by atoms with Crippen LogP contribution in [0.1, 0.15) is 37.2 Å². The molecule has 1 aliphatic rings. The molecule has 35 heavy (non-hydrogen) atoms. The maximum atomic E-state index is 12.8. The highest BCUT2D eigenvalue weighted by molar-refractivity contribution is 8.18. The normalized spacial score (nSPS) is 15.7. The van der Waals surface area contributed by atoms with E-state index in [1.165, 1.54) is 17.0 Å². The summed E-state index contributed by atoms with van der Waals surface area (Å²) in [5.74, 6) is 0.544. The number of benzene rings is 1. The molecule has 1 atom stereocenters. The van der Waals surface area contributed by atoms with Gasteiger partial charge in [-0.25, -0.2) is 4.98 Å². The molecule has 4 rings (SSSR count). The number of hydrogen-bond acceptors (Lipinski definition) is 7. The third-order valence-electron chi connectivity index (χ3n) is 5.86. The monoisotopic (exact) mass is 492 g/mol. The zero-order valence-electron chi connectivity index (χ0n) is 19.7. The van der Waals surface area contributed by atoms with Crippen molar-refractivity contribution in [3.05, 3.63) is 80.6 Å². The third-order valence-corrected chi connectivity index (χ3v) is 6.74. The molecule has 1 fully saturated rings. The Bertz CT molecular complexity index is 1330. The summed E-state index contributed by atoms with van der Waals surface area (Å²) < 4.78 is 7.74. The molecule has 2 amide bonds. The van der Waals surface area contributed by atoms with Crippen molar-refractivity contribution in [1.82, 2.24) is 14.5 Å². The number of hydrogen-bond donors (Lipinski definition) is 0. The summed E-state index contributed by atoms with van der Waals surface area (Å²) in [4.78, 5) is 41.1. The summed E-state index contributed by atoms with van der Waals surface area (Å²) in [5, 5.41) is 10.5. The fourth-order valence-electron chi connectivity index (χ4n) is 3.84. The molecule has 0 bridgehead atoms. The summed E-state index contributed by atoms with van der Waals surface area (Å²) in [5.41, 5.74) is 3.57. The van der Waals surface area contributed by atoms with E-state index < -0.39 is 4.92 Å². The maximum absolute atomic E-state index is 12.8. The van der Waals surface area contributed by atoms with Crippen LogP contribution >= 0.6 is 11.8 Å². The number of thioether (sulfide) groups is 1. The van der Waals surface area contributed by atoms with Gasteiger partial charge in [-0.2, -0.15) is 0 Å². The Morgan fingerprint density at radius 1 is 1.17 bits per heavy atom. The Kier molecular flexibility index (Phi) is 6.74. The van der Waals surface area contributed by atoms with Gasteiger partial charge in [0.1, 0.15) is 11.9 Å². The predicted octanol–water partition coefficient (Wildman–Crippen LogP) is 6.02. The SMILES string of the molecule is CC[C@@H](C)N1C(=O)S/C(=C/c2cc(C)n(-c3ccc(Oc4ccc([N+](=O)[O-])cn4)cc3)c2C)C1=O. The van der Waals surface area contributed by atoms with Crippen LogP contribution in [0.2, 0.25) is 0 Å². The van der Waals surface area contributed by atoms with Crippen molar-refractivity contribution in [2.45, 2.75) is 40.2 Å². The quantitative estimate of drug-likeness (QED) is 0.225. The van der Waals surface area contributed by atoms with Crippen molar-refractivity contribution in [2.75, 3.05) is 0 Å². The maximum Gasteiger partial charge on any atom is 0.293 e. The van der Waals surface area contributed by atoms with Gasteiger partial charge in [-0.05, 0) is 80.9 Å². The van der Waals surface area contributed by atoms with E-state index in [1.807, 2.05) is 45.9 Å². The summed E-state index contributed by atoms with van der Waals surface area (Å²) in [6.07, 6.45) is 3.64. The van der Waals surface area contributed by atoms with Crippen LogP contribution in [0.5, 0.6) is 11.6 Å². The number of imide groups is 1. The van der Waals surface area contributed by atoms with Gasteiger partial charge in [-0.1, -0.05) is 6.92 Å². The molecule has 3 heterocycles. The van der Waals surface area contributed by atoms with Gasteiger partial charge < -0.3 is 9.30 Å². The van der Waals surface area contributed by atoms with E-state index in [1.54, 1.807) is 18.2 Å². The molecule has 0 unspecified atom stereocenters. The highest BCUT2D eigenvalue weighted by atomic mass is 32.2. The predicted molar refractivity (Wildman–Crippen MR) is 134 cm³/mol. The van der Waals surface area contributed by atoms with E-state index in [0.717, 1.165) is 40.6 Å². The molecule has 1 saturated heterocycles. The lowest BCUT2D eigenvalue weighted by molar-refractivity contribution is -0.385. The van der Waals surface area contributed by atoms with Crippen LogP contribution in [0.15, 0.2) is 53.6 Å². The summed E-state index contributed by atoms with van der Waals surface area (Å²) in [7, 11) is 0. The molecule has 10 heteroatoms. The van der Waals surface area contributed by atoms with Crippen LogP contribution in [0, 0.1) is 24.0 Å². The molecule has 0 spiro atoms. The largest absolute Gasteiger partial charge is 0.439 e. The Morgan fingerprint density at radius 2 is 1.89 bits per heavy atom. The van der Waals surface area contributed by atoms with Crippen molar-refractivity contribution in [2.24, 2.45) is 0 Å². The number of nitrogens with zero attached hydrogens (tertiary/aromatic N) is 4. The van der Waals surface area contributed by atoms with Crippen LogP contribution in [0.25, 0.3) is 11.8 Å². The number of carbonyl (C=O) groups is 2. The molecule has 2 aromatic heterocycles. The van der Waals surface area contributed by atoms with E-state index in [2.05, 4.69) is 9.55 Å². The second-order valence-electron chi connectivity index (χ2n) is 8.18. The average molecular weight is 493 g/mol. The Morgan fingerprint density at radius 3 is 2.49 bits per heavy atom. The minimum Gasteiger partial charge on any atom is -0.439 e. The Hall–Kier alpha value is -3.92. The smallest absolute Gasteiger partial charge is 0.293 e. The van der Waals surface area contributed by atoms with Gasteiger partial charge in [-0.3, -0.25) is 24.6 Å². The van der Waals surface area contributed by atoms with Gasteiger partial charge in [0.05, 0.1) is 9.83 Å². The number of ether oxygens (including phenoxy) is 1. The topological polar surface area (TPSA) is 108 Å². The molecule has 0 aliphatic carbocycles. The van der Waals surface area contributed by atoms with Gasteiger partial charge in [-0.15, -0.1) is 0 Å². The first-order chi connectivity index (χ1) is 16.7. The number of aromatic nitrogens is 2. The van der Waals surface area contributed by atoms with Crippen LogP contribution < -0.4 is 4.74 Å². The number of amides is 2. The van der Waals surface area contributed by atoms with E-state index in [0.29, 0.717) is 17.1 Å². The molecular weight excluding hydrogens is 468 g/mol. The first-order valence-corrected chi connectivity index (χ1v) is 11.9. The van der Waals surface area contributed by atoms with Gasteiger partial charge in [0, 0.05) is 35.2 Å². The summed E-state index contributed by atoms with van der Waals surface area (Å²) in [6.45, 7) is 7.75.